The van der Waals surface area contributed by atoms with Crippen molar-refractivity contribution in [3.63, 3.8) is 0 Å². The molecule has 4 aromatic rings. The van der Waals surface area contributed by atoms with Crippen LogP contribution in [0.2, 0.25) is 19.6 Å². The van der Waals surface area contributed by atoms with Gasteiger partial charge in [0.15, 0.2) is 5.65 Å². The quantitative estimate of drug-likeness (QED) is 0.342. The third kappa shape index (κ3) is 3.99. The standard InChI is InChI=1S/C24H29N5O3SSi/c1-5-32-24(34(2,3)4)29-14-15(23(30)31)20-22(29)26-13-17(27-20)19-12-16-21(33-19)18(8-9-25-16)28-10-6-7-11-28/h8-9,12-14,24H,5-7,10-11H2,1-4H3,(H,30,31). The minimum atomic E-state index is -1.84. The van der Waals surface area contributed by atoms with Gasteiger partial charge in [-0.1, -0.05) is 19.6 Å². The van der Waals surface area contributed by atoms with Crippen LogP contribution < -0.4 is 4.90 Å². The molecule has 0 aromatic carbocycles. The van der Waals surface area contributed by atoms with Gasteiger partial charge in [0.2, 0.25) is 0 Å². The lowest BCUT2D eigenvalue weighted by Gasteiger charge is -2.30. The first-order chi connectivity index (χ1) is 16.3. The van der Waals surface area contributed by atoms with Crippen LogP contribution in [0.3, 0.4) is 0 Å². The van der Waals surface area contributed by atoms with Gasteiger partial charge < -0.3 is 19.3 Å². The van der Waals surface area contributed by atoms with E-state index in [0.717, 1.165) is 28.2 Å². The van der Waals surface area contributed by atoms with E-state index in [1.807, 2.05) is 23.8 Å². The number of ether oxygens (including phenoxy) is 1. The smallest absolute Gasteiger partial charge is 0.339 e. The van der Waals surface area contributed by atoms with Crippen LogP contribution >= 0.6 is 11.3 Å². The molecule has 1 N–H and O–H groups in total. The molecule has 1 aliphatic rings. The Morgan fingerprint density at radius 2 is 2.03 bits per heavy atom. The first-order valence-corrected chi connectivity index (χ1v) is 16.0. The molecule has 178 valence electrons. The van der Waals surface area contributed by atoms with Crippen LogP contribution in [0.25, 0.3) is 32.0 Å². The molecule has 0 spiro atoms. The summed E-state index contributed by atoms with van der Waals surface area (Å²) in [5.41, 5.74) is 3.86. The average molecular weight is 496 g/mol. The van der Waals surface area contributed by atoms with Gasteiger partial charge in [0.05, 0.1) is 32.7 Å². The molecule has 34 heavy (non-hydrogen) atoms. The number of fused-ring (bicyclic) bond motifs is 2. The van der Waals surface area contributed by atoms with E-state index in [1.165, 1.54) is 18.5 Å². The Balaban J connectivity index is 1.63. The van der Waals surface area contributed by atoms with Crippen LogP contribution in [0.5, 0.6) is 0 Å². The number of aromatic nitrogens is 4. The number of carbonyl (C=O) groups is 1. The lowest BCUT2D eigenvalue weighted by Crippen LogP contribution is -2.37. The molecule has 8 nitrogen and oxygen atoms in total. The fraction of sp³-hybridized carbons (Fsp3) is 0.417. The van der Waals surface area contributed by atoms with E-state index >= 15 is 0 Å². The predicted molar refractivity (Wildman–Crippen MR) is 139 cm³/mol. The summed E-state index contributed by atoms with van der Waals surface area (Å²) < 4.78 is 9.06. The summed E-state index contributed by atoms with van der Waals surface area (Å²) in [7, 11) is -1.84. The topological polar surface area (TPSA) is 93.4 Å². The number of carboxylic acid groups (broad SMARTS) is 1. The van der Waals surface area contributed by atoms with Gasteiger partial charge in [0.1, 0.15) is 25.0 Å². The number of hydrogen-bond acceptors (Lipinski definition) is 7. The first-order valence-electron chi connectivity index (χ1n) is 11.6. The van der Waals surface area contributed by atoms with Gasteiger partial charge in [0.25, 0.3) is 0 Å². The monoisotopic (exact) mass is 495 g/mol. The summed E-state index contributed by atoms with van der Waals surface area (Å²) >= 11 is 1.63. The normalized spacial score (nSPS) is 15.5. The Kier molecular flexibility index (Phi) is 5.91. The molecular weight excluding hydrogens is 466 g/mol. The summed E-state index contributed by atoms with van der Waals surface area (Å²) in [6.45, 7) is 11.2. The molecular formula is C24H29N5O3SSi. The Morgan fingerprint density at radius 1 is 1.26 bits per heavy atom. The number of aromatic carboxylic acids is 1. The molecule has 1 saturated heterocycles. The van der Waals surface area contributed by atoms with Gasteiger partial charge >= 0.3 is 5.97 Å². The lowest BCUT2D eigenvalue weighted by molar-refractivity contribution is 0.0652. The van der Waals surface area contributed by atoms with Crippen LogP contribution in [-0.2, 0) is 4.74 Å². The van der Waals surface area contributed by atoms with Crippen molar-refractivity contribution in [2.45, 2.75) is 45.3 Å². The molecule has 1 fully saturated rings. The second-order valence-electron chi connectivity index (χ2n) is 9.71. The number of anilines is 1. The Labute approximate surface area is 203 Å². The second-order valence-corrected chi connectivity index (χ2v) is 16.0. The maximum Gasteiger partial charge on any atom is 0.339 e. The van der Waals surface area contributed by atoms with E-state index in [1.54, 1.807) is 23.7 Å². The summed E-state index contributed by atoms with van der Waals surface area (Å²) in [5.74, 6) is -1.25. The second kappa shape index (κ2) is 8.75. The number of carboxylic acids is 1. The molecule has 1 unspecified atom stereocenters. The molecule has 1 aliphatic heterocycles. The van der Waals surface area contributed by atoms with Gasteiger partial charge in [-0.05, 0) is 31.9 Å². The van der Waals surface area contributed by atoms with Crippen LogP contribution in [0.1, 0.15) is 36.0 Å². The highest BCUT2D eigenvalue weighted by atomic mass is 32.1. The van der Waals surface area contributed by atoms with Gasteiger partial charge in [-0.25, -0.2) is 14.8 Å². The largest absolute Gasteiger partial charge is 0.478 e. The number of pyridine rings is 1. The Morgan fingerprint density at radius 3 is 2.71 bits per heavy atom. The molecule has 10 heteroatoms. The van der Waals surface area contributed by atoms with Gasteiger partial charge in [0, 0.05) is 32.1 Å². The molecule has 5 rings (SSSR count). The lowest BCUT2D eigenvalue weighted by atomic mass is 10.2. The highest BCUT2D eigenvalue weighted by molar-refractivity contribution is 7.22. The van der Waals surface area contributed by atoms with Crippen molar-refractivity contribution >= 4 is 52.4 Å². The summed E-state index contributed by atoms with van der Waals surface area (Å²) in [5, 5.41) is 9.92. The zero-order chi connectivity index (χ0) is 24.0. The van der Waals surface area contributed by atoms with Crippen LogP contribution in [0.15, 0.2) is 30.7 Å². The highest BCUT2D eigenvalue weighted by Crippen LogP contribution is 2.39. The minimum Gasteiger partial charge on any atom is -0.478 e. The fourth-order valence-electron chi connectivity index (χ4n) is 4.63. The van der Waals surface area contributed by atoms with Crippen molar-refractivity contribution in [3.05, 3.63) is 36.3 Å². The number of rotatable bonds is 7. The third-order valence-electron chi connectivity index (χ3n) is 6.16. The van der Waals surface area contributed by atoms with Gasteiger partial charge in [-0.3, -0.25) is 4.98 Å². The highest BCUT2D eigenvalue weighted by Gasteiger charge is 2.32. The third-order valence-corrected chi connectivity index (χ3v) is 9.26. The van der Waals surface area contributed by atoms with Crippen molar-refractivity contribution in [3.8, 4) is 10.6 Å². The van der Waals surface area contributed by atoms with E-state index in [2.05, 4.69) is 35.6 Å². The van der Waals surface area contributed by atoms with Crippen molar-refractivity contribution < 1.29 is 14.6 Å². The van der Waals surface area contributed by atoms with Gasteiger partial charge in [-0.15, -0.1) is 11.3 Å². The van der Waals surface area contributed by atoms with Crippen molar-refractivity contribution in [1.82, 2.24) is 19.5 Å². The molecule has 0 amide bonds. The van der Waals surface area contributed by atoms with E-state index in [9.17, 15) is 9.90 Å². The zero-order valence-corrected chi connectivity index (χ0v) is 21.7. The van der Waals surface area contributed by atoms with E-state index in [4.69, 9.17) is 14.7 Å². The molecule has 0 bridgehead atoms. The maximum atomic E-state index is 12.1. The van der Waals surface area contributed by atoms with Crippen molar-refractivity contribution in [1.29, 1.82) is 0 Å². The van der Waals surface area contributed by atoms with Gasteiger partial charge in [-0.2, -0.15) is 0 Å². The number of hydrogen-bond donors (Lipinski definition) is 1. The summed E-state index contributed by atoms with van der Waals surface area (Å²) in [6, 6.07) is 4.10. The number of nitrogens with zero attached hydrogens (tertiary/aromatic N) is 5. The maximum absolute atomic E-state index is 12.1. The molecule has 4 aromatic heterocycles. The van der Waals surface area contributed by atoms with E-state index < -0.39 is 14.0 Å². The SMILES string of the molecule is CCOC(n1cc(C(=O)O)c2nc(-c3cc4nccc(N5CCCC5)c4s3)cnc21)[Si](C)(C)C. The van der Waals surface area contributed by atoms with Crippen LogP contribution in [0.4, 0.5) is 5.69 Å². The Bertz CT molecular complexity index is 1370. The minimum absolute atomic E-state index is 0.143. The first kappa shape index (κ1) is 22.9. The average Bonchev–Trinajstić information content (AvgIpc) is 3.54. The Hall–Kier alpha value is -2.82. The van der Waals surface area contributed by atoms with E-state index in [0.29, 0.717) is 23.5 Å². The molecule has 5 heterocycles. The predicted octanol–water partition coefficient (Wildman–Crippen LogP) is 5.42. The molecule has 0 radical (unpaired) electrons. The van der Waals surface area contributed by atoms with Crippen LogP contribution in [-0.4, -0.2) is 58.4 Å². The summed E-state index contributed by atoms with van der Waals surface area (Å²) in [6.07, 6.45) is 7.64. The zero-order valence-electron chi connectivity index (χ0n) is 19.9. The fourth-order valence-corrected chi connectivity index (χ4v) is 7.44. The molecule has 0 saturated carbocycles. The molecule has 1 atom stereocenters. The summed E-state index contributed by atoms with van der Waals surface area (Å²) in [4.78, 5) is 29.5. The van der Waals surface area contributed by atoms with E-state index in [-0.39, 0.29) is 11.4 Å². The molecule has 0 aliphatic carbocycles. The van der Waals surface area contributed by atoms with Crippen molar-refractivity contribution in [2.75, 3.05) is 24.6 Å². The van der Waals surface area contributed by atoms with Crippen molar-refractivity contribution in [2.24, 2.45) is 0 Å². The van der Waals surface area contributed by atoms with Crippen LogP contribution in [0, 0.1) is 0 Å². The number of thiophene rings is 1.